The third-order valence-electron chi connectivity index (χ3n) is 6.56. The number of aliphatic hydroxyl groups is 1. The highest BCUT2D eigenvalue weighted by Gasteiger charge is 2.29. The lowest BCUT2D eigenvalue weighted by Gasteiger charge is -2.29. The highest BCUT2D eigenvalue weighted by molar-refractivity contribution is 5.83. The molecule has 0 aromatic heterocycles. The second kappa shape index (κ2) is 14.3. The van der Waals surface area contributed by atoms with Crippen molar-refractivity contribution in [2.45, 2.75) is 25.9 Å². The molecule has 2 aromatic rings. The Bertz CT molecular complexity index is 1230. The summed E-state index contributed by atoms with van der Waals surface area (Å²) in [5.41, 5.74) is 4.12. The van der Waals surface area contributed by atoms with Crippen molar-refractivity contribution in [3.63, 3.8) is 0 Å². The van der Waals surface area contributed by atoms with Crippen LogP contribution >= 0.6 is 0 Å². The number of aliphatic hydroxyl groups excluding tert-OH is 1. The van der Waals surface area contributed by atoms with Crippen LogP contribution in [0.5, 0.6) is 0 Å². The van der Waals surface area contributed by atoms with Crippen LogP contribution in [0.4, 0.5) is 0 Å². The summed E-state index contributed by atoms with van der Waals surface area (Å²) >= 11 is 0. The molecule has 2 saturated heterocycles. The first-order valence-corrected chi connectivity index (χ1v) is 13.0. The lowest BCUT2D eigenvalue weighted by Crippen LogP contribution is -2.50. The maximum Gasteiger partial charge on any atom is 0.229 e. The van der Waals surface area contributed by atoms with Gasteiger partial charge in [0.15, 0.2) is 0 Å². The number of carbonyl (C=O) groups excluding carboxylic acids is 2. The van der Waals surface area contributed by atoms with E-state index in [2.05, 4.69) is 44.5 Å². The smallest absolute Gasteiger partial charge is 0.229 e. The first kappa shape index (κ1) is 28.0. The minimum atomic E-state index is -0.756. The summed E-state index contributed by atoms with van der Waals surface area (Å²) in [4.78, 5) is 30.2. The Morgan fingerprint density at radius 2 is 1.67 bits per heavy atom. The van der Waals surface area contributed by atoms with E-state index in [1.807, 2.05) is 36.4 Å². The number of allylic oxidation sites excluding steroid dienone is 1. The topological polar surface area (TPSA) is 112 Å². The van der Waals surface area contributed by atoms with E-state index in [1.165, 1.54) is 12.5 Å². The lowest BCUT2D eigenvalue weighted by molar-refractivity contribution is -0.128. The minimum Gasteiger partial charge on any atom is -0.511 e. The summed E-state index contributed by atoms with van der Waals surface area (Å²) in [5, 5.41) is 15.5. The number of aliphatic imine (C=N–C) groups is 1. The van der Waals surface area contributed by atoms with Gasteiger partial charge in [-0.2, -0.15) is 0 Å². The maximum atomic E-state index is 13.1. The fourth-order valence-corrected chi connectivity index (χ4v) is 4.32. The zero-order valence-corrected chi connectivity index (χ0v) is 22.1. The van der Waals surface area contributed by atoms with Crippen LogP contribution in [-0.2, 0) is 32.0 Å². The van der Waals surface area contributed by atoms with Crippen LogP contribution in [0.15, 0.2) is 65.0 Å². The molecule has 0 spiro atoms. The molecular formula is C30H34N4O5. The molecule has 3 N–H and O–H groups in total. The van der Waals surface area contributed by atoms with Gasteiger partial charge < -0.3 is 25.2 Å². The van der Waals surface area contributed by atoms with Gasteiger partial charge >= 0.3 is 0 Å². The molecule has 204 valence electrons. The average molecular weight is 531 g/mol. The summed E-state index contributed by atoms with van der Waals surface area (Å²) in [7, 11) is 0. The highest BCUT2D eigenvalue weighted by atomic mass is 16.5. The van der Waals surface area contributed by atoms with Gasteiger partial charge in [-0.25, -0.2) is 4.99 Å². The van der Waals surface area contributed by atoms with Crippen LogP contribution in [0.1, 0.15) is 29.2 Å². The molecule has 0 aliphatic carbocycles. The predicted molar refractivity (Wildman–Crippen MR) is 148 cm³/mol. The molecule has 2 amide bonds. The fourth-order valence-electron chi connectivity index (χ4n) is 4.32. The van der Waals surface area contributed by atoms with Gasteiger partial charge in [0.05, 0.1) is 50.4 Å². The zero-order valence-electron chi connectivity index (χ0n) is 22.1. The zero-order chi connectivity index (χ0) is 27.5. The Kier molecular flexibility index (Phi) is 10.3. The second-order valence-corrected chi connectivity index (χ2v) is 9.55. The number of nitrogens with one attached hydrogen (secondary N) is 2. The number of benzene rings is 2. The number of morpholine rings is 1. The van der Waals surface area contributed by atoms with Gasteiger partial charge in [0.1, 0.15) is 5.76 Å². The molecule has 1 atom stereocenters. The van der Waals surface area contributed by atoms with E-state index < -0.39 is 5.92 Å². The largest absolute Gasteiger partial charge is 0.511 e. The average Bonchev–Trinajstić information content (AvgIpc) is 2.93. The van der Waals surface area contributed by atoms with Crippen LogP contribution in [0.25, 0.3) is 0 Å². The number of carbonyl (C=O) groups is 2. The van der Waals surface area contributed by atoms with Gasteiger partial charge in [-0.3, -0.25) is 14.5 Å². The van der Waals surface area contributed by atoms with E-state index in [9.17, 15) is 14.7 Å². The first-order valence-electron chi connectivity index (χ1n) is 13.0. The quantitative estimate of drug-likeness (QED) is 0.143. The predicted octanol–water partition coefficient (Wildman–Crippen LogP) is 2.16. The van der Waals surface area contributed by atoms with Crippen molar-refractivity contribution >= 4 is 18.7 Å². The van der Waals surface area contributed by atoms with Crippen LogP contribution in [0.2, 0.25) is 0 Å². The normalized spacial score (nSPS) is 17.4. The van der Waals surface area contributed by atoms with Crippen molar-refractivity contribution in [3.8, 4) is 11.8 Å². The second-order valence-electron chi connectivity index (χ2n) is 9.55. The Morgan fingerprint density at radius 3 is 2.21 bits per heavy atom. The fraction of sp³-hybridized carbons (Fsp3) is 0.367. The SMILES string of the molecule is C/C(O)=C(\N=CNC=O)C(Cc1ccc(C#Cc2ccc(CN3CCOCC3)cc2)cc1)C(=O)NC1COC1. The maximum absolute atomic E-state index is 13.1. The monoisotopic (exact) mass is 530 g/mol. The van der Waals surface area contributed by atoms with Crippen molar-refractivity contribution in [2.24, 2.45) is 10.9 Å². The van der Waals surface area contributed by atoms with Gasteiger partial charge in [0.2, 0.25) is 12.3 Å². The van der Waals surface area contributed by atoms with Crippen LogP contribution in [0, 0.1) is 17.8 Å². The molecule has 0 bridgehead atoms. The Hall–Kier alpha value is -3.97. The molecule has 2 heterocycles. The number of ether oxygens (including phenoxy) is 2. The van der Waals surface area contributed by atoms with E-state index in [1.54, 1.807) is 0 Å². The molecule has 0 radical (unpaired) electrons. The Morgan fingerprint density at radius 1 is 1.05 bits per heavy atom. The van der Waals surface area contributed by atoms with E-state index in [4.69, 9.17) is 9.47 Å². The molecular weight excluding hydrogens is 496 g/mol. The number of amides is 2. The van der Waals surface area contributed by atoms with Crippen molar-refractivity contribution in [3.05, 3.63) is 82.2 Å². The van der Waals surface area contributed by atoms with Gasteiger partial charge in [0, 0.05) is 30.8 Å². The standard InChI is InChI=1S/C30H34N4O5/c1-22(36)29(32-20-31-21-35)28(30(37)33-27-18-39-19-27)16-25-8-4-23(5-9-25)2-3-24-6-10-26(11-7-24)17-34-12-14-38-15-13-34/h4-11,20-21,27-28,36H,12-19H2,1H3,(H,33,37)(H,31,32,35)/b29-22+. The molecule has 1 unspecified atom stereocenters. The van der Waals surface area contributed by atoms with Crippen molar-refractivity contribution in [1.29, 1.82) is 0 Å². The van der Waals surface area contributed by atoms with Crippen molar-refractivity contribution in [1.82, 2.24) is 15.5 Å². The number of hydrogen-bond donors (Lipinski definition) is 3. The highest BCUT2D eigenvalue weighted by Crippen LogP contribution is 2.22. The molecule has 2 aliphatic heterocycles. The Balaban J connectivity index is 1.42. The van der Waals surface area contributed by atoms with E-state index >= 15 is 0 Å². The third kappa shape index (κ3) is 8.52. The molecule has 9 nitrogen and oxygen atoms in total. The van der Waals surface area contributed by atoms with Crippen LogP contribution < -0.4 is 10.6 Å². The summed E-state index contributed by atoms with van der Waals surface area (Å²) in [6.07, 6.45) is 1.93. The molecule has 39 heavy (non-hydrogen) atoms. The summed E-state index contributed by atoms with van der Waals surface area (Å²) in [5.74, 6) is 5.29. The number of rotatable bonds is 10. The minimum absolute atomic E-state index is 0.0663. The van der Waals surface area contributed by atoms with Gasteiger partial charge in [-0.1, -0.05) is 36.1 Å². The van der Waals surface area contributed by atoms with E-state index in [-0.39, 0.29) is 23.4 Å². The summed E-state index contributed by atoms with van der Waals surface area (Å²) in [6, 6.07) is 15.9. The summed E-state index contributed by atoms with van der Waals surface area (Å²) in [6.45, 7) is 6.78. The van der Waals surface area contributed by atoms with Crippen LogP contribution in [0.3, 0.4) is 0 Å². The third-order valence-corrected chi connectivity index (χ3v) is 6.56. The lowest BCUT2D eigenvalue weighted by atomic mass is 9.93. The molecule has 2 aromatic carbocycles. The molecule has 2 aliphatic rings. The van der Waals surface area contributed by atoms with Gasteiger partial charge in [-0.05, 0) is 48.7 Å². The Labute approximate surface area is 228 Å². The first-order chi connectivity index (χ1) is 19.0. The number of nitrogens with zero attached hydrogens (tertiary/aromatic N) is 2. The molecule has 0 saturated carbocycles. The van der Waals surface area contributed by atoms with Crippen molar-refractivity contribution in [2.75, 3.05) is 39.5 Å². The van der Waals surface area contributed by atoms with E-state index in [0.29, 0.717) is 26.0 Å². The van der Waals surface area contributed by atoms with Crippen LogP contribution in [-0.4, -0.2) is 74.2 Å². The molecule has 2 fully saturated rings. The van der Waals surface area contributed by atoms with Crippen molar-refractivity contribution < 1.29 is 24.2 Å². The molecule has 4 rings (SSSR count). The van der Waals surface area contributed by atoms with E-state index in [0.717, 1.165) is 55.9 Å². The van der Waals surface area contributed by atoms with Gasteiger partial charge in [0.25, 0.3) is 0 Å². The number of hydrogen-bond acceptors (Lipinski definition) is 7. The molecule has 9 heteroatoms. The summed E-state index contributed by atoms with van der Waals surface area (Å²) < 4.78 is 10.6. The van der Waals surface area contributed by atoms with Gasteiger partial charge in [-0.15, -0.1) is 0 Å².